The third-order valence-electron chi connectivity index (χ3n) is 7.28. The van der Waals surface area contributed by atoms with Gasteiger partial charge in [-0.25, -0.2) is 0 Å². The Kier molecular flexibility index (Phi) is 10.9. The van der Waals surface area contributed by atoms with E-state index in [9.17, 15) is 14.7 Å². The molecule has 0 bridgehead atoms. The summed E-state index contributed by atoms with van der Waals surface area (Å²) in [6.45, 7) is 5.32. The molecule has 0 radical (unpaired) electrons. The number of phenolic OH excluding ortho intramolecular Hbond substituents is 1. The summed E-state index contributed by atoms with van der Waals surface area (Å²) in [6, 6.07) is 9.42. The third kappa shape index (κ3) is 7.82. The maximum Gasteiger partial charge on any atom is 0.303 e. The van der Waals surface area contributed by atoms with E-state index < -0.39 is 5.97 Å². The van der Waals surface area contributed by atoms with E-state index in [0.717, 1.165) is 73.1 Å². The van der Waals surface area contributed by atoms with Crippen LogP contribution in [0.25, 0.3) is 0 Å². The molecule has 0 fully saturated rings. The maximum atomic E-state index is 14.1. The lowest BCUT2D eigenvalue weighted by molar-refractivity contribution is -0.137. The molecule has 1 aliphatic rings. The van der Waals surface area contributed by atoms with Gasteiger partial charge in [-0.15, -0.1) is 12.4 Å². The number of aliphatic carboxylic acids is 1. The van der Waals surface area contributed by atoms with Crippen molar-refractivity contribution in [2.45, 2.75) is 90.1 Å². The number of fused-ring (bicyclic) bond motifs is 1. The van der Waals surface area contributed by atoms with Gasteiger partial charge in [0, 0.05) is 30.4 Å². The van der Waals surface area contributed by atoms with Crippen LogP contribution in [0.3, 0.4) is 0 Å². The summed E-state index contributed by atoms with van der Waals surface area (Å²) >= 11 is 0. The van der Waals surface area contributed by atoms with Gasteiger partial charge in [-0.2, -0.15) is 5.10 Å². The number of anilines is 1. The molecule has 4 rings (SSSR count). The second kappa shape index (κ2) is 14.1. The number of aromatic nitrogens is 3. The lowest BCUT2D eigenvalue weighted by Crippen LogP contribution is -2.36. The number of halogens is 1. The molecule has 0 saturated heterocycles. The van der Waals surface area contributed by atoms with Crippen LogP contribution in [0.2, 0.25) is 0 Å². The summed E-state index contributed by atoms with van der Waals surface area (Å²) in [4.78, 5) is 31.1. The number of rotatable bonds is 12. The van der Waals surface area contributed by atoms with Gasteiger partial charge in [0.2, 0.25) is 5.91 Å². The molecule has 0 spiro atoms. The number of carbonyl (C=O) groups is 2. The number of amides is 1. The molecule has 39 heavy (non-hydrogen) atoms. The van der Waals surface area contributed by atoms with Crippen LogP contribution in [0.1, 0.15) is 93.0 Å². The van der Waals surface area contributed by atoms with Crippen LogP contribution in [0, 0.1) is 0 Å². The number of carboxylic acids is 1. The Morgan fingerprint density at radius 1 is 1.10 bits per heavy atom. The van der Waals surface area contributed by atoms with Crippen molar-refractivity contribution in [1.82, 2.24) is 14.8 Å². The Morgan fingerprint density at radius 3 is 2.62 bits per heavy atom. The van der Waals surface area contributed by atoms with Crippen molar-refractivity contribution in [1.29, 1.82) is 0 Å². The molecule has 1 amide bonds. The quantitative estimate of drug-likeness (QED) is 0.257. The summed E-state index contributed by atoms with van der Waals surface area (Å²) in [5.74, 6) is -0.510. The van der Waals surface area contributed by atoms with Crippen LogP contribution in [0.5, 0.6) is 5.75 Å². The number of aryl methyl sites for hydroxylation is 1. The molecule has 210 valence electrons. The maximum absolute atomic E-state index is 14.1. The number of hydrogen-bond acceptors (Lipinski definition) is 5. The first-order valence-corrected chi connectivity index (χ1v) is 13.6. The number of pyridine rings is 1. The Hall–Kier alpha value is -3.39. The molecule has 3 aromatic rings. The number of carboxylic acid groups (broad SMARTS) is 1. The van der Waals surface area contributed by atoms with Gasteiger partial charge in [-0.05, 0) is 67.3 Å². The summed E-state index contributed by atoms with van der Waals surface area (Å²) in [6.07, 6.45) is 11.6. The molecule has 2 heterocycles. The molecular formula is C30H39ClN4O4. The average molecular weight is 555 g/mol. The minimum atomic E-state index is -0.747. The lowest BCUT2D eigenvalue weighted by atomic mass is 9.81. The van der Waals surface area contributed by atoms with E-state index in [2.05, 4.69) is 23.9 Å². The van der Waals surface area contributed by atoms with Crippen molar-refractivity contribution < 1.29 is 19.8 Å². The van der Waals surface area contributed by atoms with Crippen molar-refractivity contribution in [2.75, 3.05) is 4.90 Å². The average Bonchev–Trinajstić information content (AvgIpc) is 3.36. The summed E-state index contributed by atoms with van der Waals surface area (Å²) < 4.78 is 1.89. The first-order chi connectivity index (χ1) is 18.3. The Bertz CT molecular complexity index is 1240. The van der Waals surface area contributed by atoms with Crippen molar-refractivity contribution in [3.8, 4) is 5.75 Å². The van der Waals surface area contributed by atoms with Crippen LogP contribution in [-0.4, -0.2) is 36.9 Å². The highest BCUT2D eigenvalue weighted by atomic mass is 35.5. The van der Waals surface area contributed by atoms with Crippen molar-refractivity contribution >= 4 is 30.0 Å². The molecule has 1 aromatic carbocycles. The lowest BCUT2D eigenvalue weighted by Gasteiger charge is -2.31. The molecule has 2 N–H and O–H groups in total. The Labute approximate surface area is 236 Å². The highest BCUT2D eigenvalue weighted by molar-refractivity contribution is 5.98. The first-order valence-electron chi connectivity index (χ1n) is 13.6. The standard InChI is InChI=1S/C30H38N4O4.ClH/c1-21(2)27-15-14-23(18-31-27)34(30(38)26-11-7-10-25-24(26)9-8-12-28(25)35)20-22-17-32-33(19-22)16-6-4-3-5-13-29(36)37;/h8-9,12,14-15,17-19,21,26,35H,3-7,10-11,13,16,20H2,1-2H3,(H,36,37);1H. The minimum absolute atomic E-state index is 0. The van der Waals surface area contributed by atoms with Crippen molar-refractivity contribution in [2.24, 2.45) is 0 Å². The fraction of sp³-hybridized carbons (Fsp3) is 0.467. The van der Waals surface area contributed by atoms with Gasteiger partial charge >= 0.3 is 5.97 Å². The van der Waals surface area contributed by atoms with Crippen LogP contribution < -0.4 is 4.90 Å². The molecule has 0 saturated carbocycles. The normalized spacial score (nSPS) is 14.5. The fourth-order valence-electron chi connectivity index (χ4n) is 5.17. The van der Waals surface area contributed by atoms with Crippen molar-refractivity contribution in [3.05, 3.63) is 71.3 Å². The van der Waals surface area contributed by atoms with Gasteiger partial charge in [0.25, 0.3) is 0 Å². The second-order valence-corrected chi connectivity index (χ2v) is 10.5. The van der Waals surface area contributed by atoms with Gasteiger partial charge in [-0.1, -0.05) is 38.8 Å². The zero-order valence-electron chi connectivity index (χ0n) is 22.8. The fourth-order valence-corrected chi connectivity index (χ4v) is 5.17. The zero-order valence-corrected chi connectivity index (χ0v) is 23.6. The largest absolute Gasteiger partial charge is 0.508 e. The van der Waals surface area contributed by atoms with Crippen LogP contribution >= 0.6 is 12.4 Å². The highest BCUT2D eigenvalue weighted by Crippen LogP contribution is 2.38. The zero-order chi connectivity index (χ0) is 27.1. The van der Waals surface area contributed by atoms with E-state index in [4.69, 9.17) is 5.11 Å². The third-order valence-corrected chi connectivity index (χ3v) is 7.28. The smallest absolute Gasteiger partial charge is 0.303 e. The van der Waals surface area contributed by atoms with E-state index in [1.807, 2.05) is 35.1 Å². The second-order valence-electron chi connectivity index (χ2n) is 10.5. The van der Waals surface area contributed by atoms with Gasteiger partial charge in [0.1, 0.15) is 5.75 Å². The van der Waals surface area contributed by atoms with Crippen LogP contribution in [-0.2, 0) is 29.1 Å². The molecule has 1 aliphatic carbocycles. The van der Waals surface area contributed by atoms with Crippen LogP contribution in [0.15, 0.2) is 48.9 Å². The molecule has 1 atom stereocenters. The molecule has 2 aromatic heterocycles. The van der Waals surface area contributed by atoms with E-state index in [0.29, 0.717) is 18.9 Å². The number of phenols is 1. The van der Waals surface area contributed by atoms with Crippen molar-refractivity contribution in [3.63, 3.8) is 0 Å². The summed E-state index contributed by atoms with van der Waals surface area (Å²) in [5.41, 5.74) is 4.45. The van der Waals surface area contributed by atoms with Gasteiger partial charge in [-0.3, -0.25) is 19.3 Å². The van der Waals surface area contributed by atoms with E-state index in [-0.39, 0.29) is 36.4 Å². The molecular weight excluding hydrogens is 516 g/mol. The number of benzene rings is 1. The van der Waals surface area contributed by atoms with E-state index >= 15 is 0 Å². The molecule has 0 aliphatic heterocycles. The topological polar surface area (TPSA) is 109 Å². The monoisotopic (exact) mass is 554 g/mol. The van der Waals surface area contributed by atoms with E-state index in [1.165, 1.54) is 0 Å². The molecule has 1 unspecified atom stereocenters. The molecule has 8 nitrogen and oxygen atoms in total. The SMILES string of the molecule is CC(C)c1ccc(N(Cc2cnn(CCCCCCC(=O)O)c2)C(=O)C2CCCc3c(O)cccc32)cn1.Cl. The Balaban J connectivity index is 0.00000420. The van der Waals surface area contributed by atoms with Crippen LogP contribution in [0.4, 0.5) is 5.69 Å². The highest BCUT2D eigenvalue weighted by Gasteiger charge is 2.32. The van der Waals surface area contributed by atoms with Gasteiger partial charge in [0.15, 0.2) is 0 Å². The summed E-state index contributed by atoms with van der Waals surface area (Å²) in [5, 5.41) is 23.7. The first kappa shape index (κ1) is 30.2. The minimum Gasteiger partial charge on any atom is -0.508 e. The van der Waals surface area contributed by atoms with Gasteiger partial charge in [0.05, 0.1) is 30.5 Å². The number of aromatic hydroxyl groups is 1. The molecule has 9 heteroatoms. The van der Waals surface area contributed by atoms with Gasteiger partial charge < -0.3 is 15.1 Å². The van der Waals surface area contributed by atoms with E-state index in [1.54, 1.807) is 23.4 Å². The predicted octanol–water partition coefficient (Wildman–Crippen LogP) is 6.22. The Morgan fingerprint density at radius 2 is 1.90 bits per heavy atom. The number of hydrogen-bond donors (Lipinski definition) is 2. The predicted molar refractivity (Wildman–Crippen MR) is 153 cm³/mol. The number of nitrogens with zero attached hydrogens (tertiary/aromatic N) is 4. The number of unbranched alkanes of at least 4 members (excludes halogenated alkanes) is 3. The number of carbonyl (C=O) groups excluding carboxylic acids is 1. The summed E-state index contributed by atoms with van der Waals surface area (Å²) in [7, 11) is 0.